The molecule has 0 heterocycles. The molecule has 0 aliphatic heterocycles. The number of hydrogen-bond acceptors (Lipinski definition) is 2. The van der Waals surface area contributed by atoms with E-state index in [9.17, 15) is 10.2 Å². The van der Waals surface area contributed by atoms with E-state index in [-0.39, 0.29) is 5.92 Å². The van der Waals surface area contributed by atoms with Gasteiger partial charge in [0.05, 0.1) is 11.2 Å². The summed E-state index contributed by atoms with van der Waals surface area (Å²) in [5, 5.41) is 19.6. The Labute approximate surface area is 69.2 Å². The van der Waals surface area contributed by atoms with Crippen LogP contribution in [0.15, 0.2) is 0 Å². The van der Waals surface area contributed by atoms with Crippen molar-refractivity contribution in [2.45, 2.75) is 52.2 Å². The van der Waals surface area contributed by atoms with Crippen molar-refractivity contribution in [1.82, 2.24) is 0 Å². The highest BCUT2D eigenvalue weighted by Gasteiger charge is 2.42. The summed E-state index contributed by atoms with van der Waals surface area (Å²) in [6.45, 7) is 9.02. The second-order valence-electron chi connectivity index (χ2n) is 3.99. The third-order valence-electron chi connectivity index (χ3n) is 2.55. The normalized spacial score (nSPS) is 18.5. The summed E-state index contributed by atoms with van der Waals surface area (Å²) in [4.78, 5) is 0. The van der Waals surface area contributed by atoms with Gasteiger partial charge in [-0.3, -0.25) is 0 Å². The van der Waals surface area contributed by atoms with Crippen molar-refractivity contribution in [2.75, 3.05) is 0 Å². The molecule has 0 aromatic heterocycles. The monoisotopic (exact) mass is 160 g/mol. The van der Waals surface area contributed by atoms with Crippen LogP contribution in [0.1, 0.15) is 41.0 Å². The van der Waals surface area contributed by atoms with Gasteiger partial charge in [-0.05, 0) is 26.2 Å². The summed E-state index contributed by atoms with van der Waals surface area (Å²) in [7, 11) is 0. The molecule has 2 N–H and O–H groups in total. The molecule has 0 amide bonds. The first-order valence-electron chi connectivity index (χ1n) is 4.20. The minimum Gasteiger partial charge on any atom is -0.387 e. The van der Waals surface area contributed by atoms with Gasteiger partial charge in [0.1, 0.15) is 0 Å². The van der Waals surface area contributed by atoms with Gasteiger partial charge in [-0.25, -0.2) is 0 Å². The molecule has 0 spiro atoms. The predicted octanol–water partition coefficient (Wildman–Crippen LogP) is 1.55. The van der Waals surface area contributed by atoms with Gasteiger partial charge in [-0.15, -0.1) is 0 Å². The Balaban J connectivity index is 4.61. The zero-order valence-electron chi connectivity index (χ0n) is 8.18. The van der Waals surface area contributed by atoms with E-state index in [0.717, 1.165) is 0 Å². The van der Waals surface area contributed by atoms with Gasteiger partial charge in [0.25, 0.3) is 0 Å². The fourth-order valence-corrected chi connectivity index (χ4v) is 1.55. The highest BCUT2D eigenvalue weighted by molar-refractivity contribution is 4.94. The summed E-state index contributed by atoms with van der Waals surface area (Å²) in [5.41, 5.74) is -1.98. The van der Waals surface area contributed by atoms with Crippen LogP contribution in [0.3, 0.4) is 0 Å². The summed E-state index contributed by atoms with van der Waals surface area (Å²) < 4.78 is 0. The topological polar surface area (TPSA) is 40.5 Å². The molecular weight excluding hydrogens is 140 g/mol. The lowest BCUT2D eigenvalue weighted by molar-refractivity contribution is -0.158. The molecule has 0 saturated heterocycles. The fourth-order valence-electron chi connectivity index (χ4n) is 1.55. The summed E-state index contributed by atoms with van der Waals surface area (Å²) >= 11 is 0. The number of rotatable bonds is 3. The van der Waals surface area contributed by atoms with Gasteiger partial charge in [0.2, 0.25) is 0 Å². The third kappa shape index (κ3) is 1.94. The second-order valence-corrected chi connectivity index (χ2v) is 3.99. The molecule has 1 unspecified atom stereocenters. The first kappa shape index (κ1) is 10.9. The van der Waals surface area contributed by atoms with E-state index in [0.29, 0.717) is 6.42 Å². The van der Waals surface area contributed by atoms with Crippen LogP contribution in [0.4, 0.5) is 0 Å². The molecule has 2 nitrogen and oxygen atoms in total. The van der Waals surface area contributed by atoms with Crippen LogP contribution in [-0.4, -0.2) is 21.4 Å². The van der Waals surface area contributed by atoms with Crippen LogP contribution in [0.25, 0.3) is 0 Å². The molecule has 0 rings (SSSR count). The minimum atomic E-state index is -1.02. The lowest BCUT2D eigenvalue weighted by Gasteiger charge is -2.41. The van der Waals surface area contributed by atoms with Crippen LogP contribution in [0, 0.1) is 5.92 Å². The molecule has 0 aromatic rings. The highest BCUT2D eigenvalue weighted by atomic mass is 16.4. The van der Waals surface area contributed by atoms with Crippen molar-refractivity contribution in [3.05, 3.63) is 0 Å². The Kier molecular flexibility index (Phi) is 3.09. The van der Waals surface area contributed by atoms with E-state index < -0.39 is 11.2 Å². The van der Waals surface area contributed by atoms with E-state index in [4.69, 9.17) is 0 Å². The van der Waals surface area contributed by atoms with Crippen molar-refractivity contribution in [1.29, 1.82) is 0 Å². The molecule has 0 radical (unpaired) electrons. The van der Waals surface area contributed by atoms with Gasteiger partial charge in [-0.1, -0.05) is 20.8 Å². The molecule has 0 aliphatic carbocycles. The molecule has 11 heavy (non-hydrogen) atoms. The van der Waals surface area contributed by atoms with E-state index in [1.165, 1.54) is 0 Å². The largest absolute Gasteiger partial charge is 0.387 e. The SMILES string of the molecule is CCC(O)(C(C)C)C(C)(C)O. The summed E-state index contributed by atoms with van der Waals surface area (Å²) in [6, 6.07) is 0. The van der Waals surface area contributed by atoms with Crippen molar-refractivity contribution in [3.63, 3.8) is 0 Å². The average molecular weight is 160 g/mol. The fraction of sp³-hybridized carbons (Fsp3) is 1.00. The first-order chi connectivity index (χ1) is 4.75. The maximum Gasteiger partial charge on any atom is 0.0947 e. The number of hydrogen-bond donors (Lipinski definition) is 2. The van der Waals surface area contributed by atoms with Gasteiger partial charge >= 0.3 is 0 Å². The Hall–Kier alpha value is -0.0800. The molecule has 68 valence electrons. The van der Waals surface area contributed by atoms with Crippen molar-refractivity contribution < 1.29 is 10.2 Å². The van der Waals surface area contributed by atoms with Gasteiger partial charge in [-0.2, -0.15) is 0 Å². The molecular formula is C9H20O2. The van der Waals surface area contributed by atoms with Gasteiger partial charge in [0.15, 0.2) is 0 Å². The molecule has 1 atom stereocenters. The standard InChI is InChI=1S/C9H20O2/c1-6-9(11,7(2)3)8(4,5)10/h7,10-11H,6H2,1-5H3. The van der Waals surface area contributed by atoms with Crippen LogP contribution in [0.2, 0.25) is 0 Å². The van der Waals surface area contributed by atoms with Crippen LogP contribution in [0.5, 0.6) is 0 Å². The molecule has 2 heteroatoms. The maximum atomic E-state index is 9.98. The molecule has 0 aromatic carbocycles. The Morgan fingerprint density at radius 3 is 1.55 bits per heavy atom. The first-order valence-corrected chi connectivity index (χ1v) is 4.20. The Morgan fingerprint density at radius 2 is 1.55 bits per heavy atom. The quantitative estimate of drug-likeness (QED) is 0.657. The van der Waals surface area contributed by atoms with Gasteiger partial charge < -0.3 is 10.2 Å². The minimum absolute atomic E-state index is 0.0764. The van der Waals surface area contributed by atoms with Crippen molar-refractivity contribution >= 4 is 0 Å². The smallest absolute Gasteiger partial charge is 0.0947 e. The molecule has 0 bridgehead atoms. The van der Waals surface area contributed by atoms with Crippen LogP contribution < -0.4 is 0 Å². The summed E-state index contributed by atoms with van der Waals surface area (Å²) in [6.07, 6.45) is 0.578. The predicted molar refractivity (Wildman–Crippen MR) is 46.4 cm³/mol. The van der Waals surface area contributed by atoms with Crippen molar-refractivity contribution in [2.24, 2.45) is 5.92 Å². The van der Waals surface area contributed by atoms with Crippen molar-refractivity contribution in [3.8, 4) is 0 Å². The van der Waals surface area contributed by atoms with Gasteiger partial charge in [0, 0.05) is 0 Å². The molecule has 0 aliphatic rings. The van der Waals surface area contributed by atoms with Crippen LogP contribution >= 0.6 is 0 Å². The van der Waals surface area contributed by atoms with E-state index >= 15 is 0 Å². The van der Waals surface area contributed by atoms with Crippen LogP contribution in [-0.2, 0) is 0 Å². The Morgan fingerprint density at radius 1 is 1.18 bits per heavy atom. The molecule has 0 fully saturated rings. The zero-order chi connectivity index (χ0) is 9.28. The second kappa shape index (κ2) is 3.11. The van der Waals surface area contributed by atoms with E-state index in [2.05, 4.69) is 0 Å². The Bertz CT molecular complexity index is 124. The zero-order valence-corrected chi connectivity index (χ0v) is 8.18. The third-order valence-corrected chi connectivity index (χ3v) is 2.55. The van der Waals surface area contributed by atoms with E-state index in [1.54, 1.807) is 13.8 Å². The molecule has 0 saturated carbocycles. The van der Waals surface area contributed by atoms with E-state index in [1.807, 2.05) is 20.8 Å². The average Bonchev–Trinajstić information content (AvgIpc) is 1.83. The lowest BCUT2D eigenvalue weighted by atomic mass is 9.75. The lowest BCUT2D eigenvalue weighted by Crippen LogP contribution is -2.53. The summed E-state index contributed by atoms with van der Waals surface area (Å²) in [5.74, 6) is 0.0764. The highest BCUT2D eigenvalue weighted by Crippen LogP contribution is 2.32. The maximum absolute atomic E-state index is 9.98. The number of aliphatic hydroxyl groups is 2.